The minimum Gasteiger partial charge on any atom is -0.422 e. The number of hydrogen-bond acceptors (Lipinski definition) is 6. The van der Waals surface area contributed by atoms with Crippen LogP contribution in [-0.2, 0) is 0 Å². The van der Waals surface area contributed by atoms with E-state index < -0.39 is 16.8 Å². The van der Waals surface area contributed by atoms with Crippen LogP contribution in [0.25, 0.3) is 22.0 Å². The molecular formula is C29H17Br2ClN4O5. The lowest BCUT2D eigenvalue weighted by molar-refractivity contribution is -0.384. The van der Waals surface area contributed by atoms with Gasteiger partial charge in [0.25, 0.3) is 11.6 Å². The molecule has 0 aliphatic rings. The molecule has 204 valence electrons. The van der Waals surface area contributed by atoms with Crippen LogP contribution < -0.4 is 10.2 Å². The minimum absolute atomic E-state index is 0.131. The number of nitro benzene ring substituents is 1. The van der Waals surface area contributed by atoms with E-state index in [1.807, 2.05) is 36.4 Å². The zero-order valence-corrected chi connectivity index (χ0v) is 24.7. The number of halogens is 3. The van der Waals surface area contributed by atoms with Crippen LogP contribution in [0.1, 0.15) is 26.4 Å². The lowest BCUT2D eigenvalue weighted by Gasteiger charge is -2.08. The Labute approximate surface area is 254 Å². The number of non-ortho nitro benzene ring substituents is 1. The first-order valence-electron chi connectivity index (χ1n) is 11.9. The minimum atomic E-state index is -0.714. The first kappa shape index (κ1) is 28.2. The maximum absolute atomic E-state index is 13.4. The molecule has 5 rings (SSSR count). The van der Waals surface area contributed by atoms with Crippen molar-refractivity contribution in [2.45, 2.75) is 0 Å². The summed E-state index contributed by atoms with van der Waals surface area (Å²) in [4.78, 5) is 39.5. The Kier molecular flexibility index (Phi) is 8.29. The number of benzene rings is 4. The van der Waals surface area contributed by atoms with Gasteiger partial charge >= 0.3 is 5.97 Å². The van der Waals surface area contributed by atoms with Gasteiger partial charge in [0.15, 0.2) is 0 Å². The molecule has 0 bridgehead atoms. The van der Waals surface area contributed by atoms with E-state index in [1.165, 1.54) is 30.5 Å². The summed E-state index contributed by atoms with van der Waals surface area (Å²) in [7, 11) is 0. The second kappa shape index (κ2) is 12.0. The topological polar surface area (TPSA) is 127 Å². The number of H-pyrrole nitrogens is 1. The molecular weight excluding hydrogens is 680 g/mol. The molecule has 0 saturated heterocycles. The molecule has 12 heteroatoms. The van der Waals surface area contributed by atoms with E-state index in [1.54, 1.807) is 24.3 Å². The summed E-state index contributed by atoms with van der Waals surface area (Å²) in [5, 5.41) is 16.3. The predicted octanol–water partition coefficient (Wildman–Crippen LogP) is 7.90. The first-order valence-corrected chi connectivity index (χ1v) is 13.8. The lowest BCUT2D eigenvalue weighted by Crippen LogP contribution is -2.19. The number of para-hydroxylation sites is 1. The van der Waals surface area contributed by atoms with E-state index in [0.717, 1.165) is 15.4 Å². The van der Waals surface area contributed by atoms with Crippen molar-refractivity contribution >= 4 is 78.1 Å². The Balaban J connectivity index is 1.41. The second-order valence-corrected chi connectivity index (χ2v) is 10.8. The Morgan fingerprint density at radius 2 is 1.76 bits per heavy atom. The van der Waals surface area contributed by atoms with Crippen LogP contribution in [0.4, 0.5) is 5.69 Å². The van der Waals surface area contributed by atoms with Gasteiger partial charge < -0.3 is 9.72 Å². The molecule has 0 fully saturated rings. The Morgan fingerprint density at radius 1 is 1.00 bits per heavy atom. The largest absolute Gasteiger partial charge is 0.422 e. The molecule has 1 amide bonds. The standard InChI is InChI=1S/C29H17Br2ClN4O5/c30-18-10-13-24(41-29(38)16-8-11-19(12-9-16)36(39)40)17(14-18)15-33-35-28(37)27-25(20-4-1-2-7-23(20)32)21-5-3-6-22(31)26(21)34-27/h1-15,34H,(H,35,37). The summed E-state index contributed by atoms with van der Waals surface area (Å²) >= 11 is 13.4. The fraction of sp³-hybridized carbons (Fsp3) is 0. The highest BCUT2D eigenvalue weighted by Crippen LogP contribution is 2.38. The molecule has 0 unspecified atom stereocenters. The molecule has 0 atom stereocenters. The number of fused-ring (bicyclic) bond motifs is 1. The number of esters is 1. The maximum atomic E-state index is 13.4. The average Bonchev–Trinajstić information content (AvgIpc) is 3.35. The van der Waals surface area contributed by atoms with Gasteiger partial charge in [0.1, 0.15) is 11.4 Å². The fourth-order valence-corrected chi connectivity index (χ4v) is 5.18. The number of nitrogens with zero attached hydrogens (tertiary/aromatic N) is 2. The van der Waals surface area contributed by atoms with Crippen LogP contribution in [0.5, 0.6) is 5.75 Å². The van der Waals surface area contributed by atoms with Crippen molar-refractivity contribution in [2.75, 3.05) is 0 Å². The number of hydrogen-bond donors (Lipinski definition) is 2. The number of nitro groups is 1. The Morgan fingerprint density at radius 3 is 2.49 bits per heavy atom. The summed E-state index contributed by atoms with van der Waals surface area (Å²) in [5.74, 6) is -1.06. The van der Waals surface area contributed by atoms with Gasteiger partial charge in [-0.25, -0.2) is 10.2 Å². The number of rotatable bonds is 7. The maximum Gasteiger partial charge on any atom is 0.343 e. The van der Waals surface area contributed by atoms with Crippen LogP contribution in [-0.4, -0.2) is 28.0 Å². The van der Waals surface area contributed by atoms with Gasteiger partial charge in [0.05, 0.1) is 22.2 Å². The Hall–Kier alpha value is -4.32. The summed E-state index contributed by atoms with van der Waals surface area (Å²) in [6.07, 6.45) is 1.34. The van der Waals surface area contributed by atoms with Crippen molar-refractivity contribution < 1.29 is 19.2 Å². The molecule has 5 aromatic rings. The van der Waals surface area contributed by atoms with Gasteiger partial charge in [-0.1, -0.05) is 57.9 Å². The molecule has 0 saturated carbocycles. The number of aromatic amines is 1. The van der Waals surface area contributed by atoms with Gasteiger partial charge in [0.2, 0.25) is 0 Å². The fourth-order valence-electron chi connectivity index (χ4n) is 4.10. The lowest BCUT2D eigenvalue weighted by atomic mass is 10.0. The SMILES string of the molecule is O=C(Oc1ccc(Br)cc1C=NNC(=O)c1[nH]c2c(Br)cccc2c1-c1ccccc1Cl)c1ccc([N+](=O)[O-])cc1. The van der Waals surface area contributed by atoms with Crippen molar-refractivity contribution in [2.24, 2.45) is 5.10 Å². The van der Waals surface area contributed by atoms with E-state index in [4.69, 9.17) is 16.3 Å². The summed E-state index contributed by atoms with van der Waals surface area (Å²) in [6, 6.07) is 22.8. The summed E-state index contributed by atoms with van der Waals surface area (Å²) in [6.45, 7) is 0. The van der Waals surface area contributed by atoms with Crippen LogP contribution >= 0.6 is 43.5 Å². The highest BCUT2D eigenvalue weighted by Gasteiger charge is 2.22. The molecule has 9 nitrogen and oxygen atoms in total. The van der Waals surface area contributed by atoms with E-state index in [2.05, 4.69) is 47.4 Å². The number of carbonyl (C=O) groups excluding carboxylic acids is 2. The van der Waals surface area contributed by atoms with E-state index in [9.17, 15) is 19.7 Å². The Bertz CT molecular complexity index is 1850. The molecule has 41 heavy (non-hydrogen) atoms. The molecule has 0 spiro atoms. The number of carbonyl (C=O) groups is 2. The zero-order valence-electron chi connectivity index (χ0n) is 20.7. The number of nitrogens with one attached hydrogen (secondary N) is 2. The van der Waals surface area contributed by atoms with E-state index in [0.29, 0.717) is 26.2 Å². The quantitative estimate of drug-likeness (QED) is 0.0588. The van der Waals surface area contributed by atoms with Gasteiger partial charge in [0, 0.05) is 48.2 Å². The normalized spacial score (nSPS) is 11.1. The van der Waals surface area contributed by atoms with Crippen molar-refractivity contribution in [3.8, 4) is 16.9 Å². The van der Waals surface area contributed by atoms with Crippen molar-refractivity contribution in [3.63, 3.8) is 0 Å². The molecule has 4 aromatic carbocycles. The highest BCUT2D eigenvalue weighted by atomic mass is 79.9. The number of aromatic nitrogens is 1. The van der Waals surface area contributed by atoms with Gasteiger partial charge in [-0.3, -0.25) is 14.9 Å². The average molecular weight is 697 g/mol. The van der Waals surface area contributed by atoms with E-state index in [-0.39, 0.29) is 22.7 Å². The highest BCUT2D eigenvalue weighted by molar-refractivity contribution is 9.11. The molecule has 0 aliphatic heterocycles. The number of hydrazone groups is 1. The van der Waals surface area contributed by atoms with Crippen LogP contribution in [0.2, 0.25) is 5.02 Å². The third-order valence-electron chi connectivity index (χ3n) is 6.01. The number of ether oxygens (including phenoxy) is 1. The first-order chi connectivity index (χ1) is 19.7. The second-order valence-electron chi connectivity index (χ2n) is 8.59. The molecule has 0 radical (unpaired) electrons. The van der Waals surface area contributed by atoms with Gasteiger partial charge in [-0.15, -0.1) is 0 Å². The molecule has 1 heterocycles. The van der Waals surface area contributed by atoms with Crippen LogP contribution in [0.15, 0.2) is 99.0 Å². The van der Waals surface area contributed by atoms with Gasteiger partial charge in [-0.2, -0.15) is 5.10 Å². The predicted molar refractivity (Wildman–Crippen MR) is 164 cm³/mol. The van der Waals surface area contributed by atoms with Gasteiger partial charge in [-0.05, 0) is 58.4 Å². The van der Waals surface area contributed by atoms with E-state index >= 15 is 0 Å². The van der Waals surface area contributed by atoms with Crippen molar-refractivity contribution in [3.05, 3.63) is 126 Å². The third-order valence-corrected chi connectivity index (χ3v) is 7.49. The van der Waals surface area contributed by atoms with Crippen molar-refractivity contribution in [1.29, 1.82) is 0 Å². The molecule has 1 aromatic heterocycles. The van der Waals surface area contributed by atoms with Crippen molar-refractivity contribution in [1.82, 2.24) is 10.4 Å². The smallest absolute Gasteiger partial charge is 0.343 e. The van der Waals surface area contributed by atoms with Crippen LogP contribution in [0.3, 0.4) is 0 Å². The molecule has 0 aliphatic carbocycles. The van der Waals surface area contributed by atoms with Crippen LogP contribution in [0, 0.1) is 10.1 Å². The summed E-state index contributed by atoms with van der Waals surface area (Å²) in [5.41, 5.74) is 5.20. The molecule has 2 N–H and O–H groups in total. The zero-order chi connectivity index (χ0) is 29.1. The monoisotopic (exact) mass is 694 g/mol. The number of amides is 1. The third kappa shape index (κ3) is 6.07. The summed E-state index contributed by atoms with van der Waals surface area (Å²) < 4.78 is 6.97.